The number of morpholine rings is 1. The predicted octanol–water partition coefficient (Wildman–Crippen LogP) is 5.20. The highest BCUT2D eigenvalue weighted by molar-refractivity contribution is 9.10. The van der Waals surface area contributed by atoms with Gasteiger partial charge in [0, 0.05) is 22.1 Å². The summed E-state index contributed by atoms with van der Waals surface area (Å²) in [6.45, 7) is 1.53. The number of benzene rings is 3. The van der Waals surface area contributed by atoms with Crippen molar-refractivity contribution in [2.75, 3.05) is 19.7 Å². The third-order valence-corrected chi connectivity index (χ3v) is 5.62. The number of hydrogen-bond acceptors (Lipinski definition) is 3. The number of rotatable bonds is 3. The molecule has 5 heteroatoms. The normalized spacial score (nSPS) is 16.3. The smallest absolute Gasteiger partial charge is 0.254 e. The minimum Gasteiger partial charge on any atom is -0.370 e. The van der Waals surface area contributed by atoms with Crippen LogP contribution in [-0.2, 0) is 4.74 Å². The van der Waals surface area contributed by atoms with Crippen molar-refractivity contribution >= 4 is 21.8 Å². The van der Waals surface area contributed by atoms with Gasteiger partial charge in [0.15, 0.2) is 0 Å². The van der Waals surface area contributed by atoms with E-state index in [4.69, 9.17) is 4.74 Å². The van der Waals surface area contributed by atoms with E-state index >= 15 is 0 Å². The summed E-state index contributed by atoms with van der Waals surface area (Å²) < 4.78 is 6.93. The molecule has 0 bridgehead atoms. The molecule has 1 aliphatic rings. The first-order valence-electron chi connectivity index (χ1n) is 9.42. The number of hydrogen-bond donors (Lipinski definition) is 0. The Morgan fingerprint density at radius 1 is 1.00 bits per heavy atom. The second-order valence-corrected chi connectivity index (χ2v) is 7.78. The number of carbonyl (C=O) groups excluding carboxylic acids is 1. The Bertz CT molecular complexity index is 1070. The molecular formula is C24H19BrN2O2. The summed E-state index contributed by atoms with van der Waals surface area (Å²) in [5.74, 6) is -0.0428. The Morgan fingerprint density at radius 3 is 2.45 bits per heavy atom. The van der Waals surface area contributed by atoms with Crippen LogP contribution in [-0.4, -0.2) is 30.5 Å². The van der Waals surface area contributed by atoms with Crippen molar-refractivity contribution in [1.82, 2.24) is 4.90 Å². The first kappa shape index (κ1) is 19.4. The molecule has 0 aromatic heterocycles. The topological polar surface area (TPSA) is 53.3 Å². The fourth-order valence-electron chi connectivity index (χ4n) is 3.60. The van der Waals surface area contributed by atoms with Gasteiger partial charge in [-0.2, -0.15) is 5.26 Å². The predicted molar refractivity (Wildman–Crippen MR) is 115 cm³/mol. The first-order valence-corrected chi connectivity index (χ1v) is 10.2. The Morgan fingerprint density at radius 2 is 1.69 bits per heavy atom. The third-order valence-electron chi connectivity index (χ3n) is 5.09. The van der Waals surface area contributed by atoms with Gasteiger partial charge < -0.3 is 9.64 Å². The lowest BCUT2D eigenvalue weighted by molar-refractivity contribution is -0.0228. The van der Waals surface area contributed by atoms with Crippen molar-refractivity contribution in [3.8, 4) is 17.2 Å². The zero-order chi connectivity index (χ0) is 20.2. The SMILES string of the molecule is N#Cc1ccccc1-c1ccccc1C(=O)N1CCO[C@@H](c2ccc(Br)cc2)C1. The van der Waals surface area contributed by atoms with Gasteiger partial charge in [0.25, 0.3) is 5.91 Å². The summed E-state index contributed by atoms with van der Waals surface area (Å²) in [5, 5.41) is 9.47. The summed E-state index contributed by atoms with van der Waals surface area (Å²) in [6.07, 6.45) is -0.153. The van der Waals surface area contributed by atoms with E-state index in [0.29, 0.717) is 30.8 Å². The van der Waals surface area contributed by atoms with Crippen molar-refractivity contribution in [2.45, 2.75) is 6.10 Å². The quantitative estimate of drug-likeness (QED) is 0.555. The van der Waals surface area contributed by atoms with E-state index in [9.17, 15) is 10.1 Å². The van der Waals surface area contributed by atoms with Crippen LogP contribution in [0.2, 0.25) is 0 Å². The highest BCUT2D eigenvalue weighted by atomic mass is 79.9. The van der Waals surface area contributed by atoms with Gasteiger partial charge in [-0.05, 0) is 35.4 Å². The van der Waals surface area contributed by atoms with E-state index in [1.807, 2.05) is 71.6 Å². The summed E-state index contributed by atoms with van der Waals surface area (Å²) in [7, 11) is 0. The molecule has 144 valence electrons. The lowest BCUT2D eigenvalue weighted by atomic mass is 9.95. The number of amides is 1. The van der Waals surface area contributed by atoms with E-state index in [1.54, 1.807) is 6.07 Å². The number of nitrogens with zero attached hydrogens (tertiary/aromatic N) is 2. The average molecular weight is 447 g/mol. The number of carbonyl (C=O) groups is 1. The fraction of sp³-hybridized carbons (Fsp3) is 0.167. The Hall–Kier alpha value is -2.94. The van der Waals surface area contributed by atoms with Crippen molar-refractivity contribution in [3.05, 3.63) is 94.0 Å². The van der Waals surface area contributed by atoms with E-state index in [1.165, 1.54) is 0 Å². The van der Waals surface area contributed by atoms with Crippen LogP contribution < -0.4 is 0 Å². The second kappa shape index (κ2) is 8.60. The van der Waals surface area contributed by atoms with E-state index in [0.717, 1.165) is 21.2 Å². The molecule has 0 unspecified atom stereocenters. The number of halogens is 1. The molecule has 1 atom stereocenters. The van der Waals surface area contributed by atoms with Crippen LogP contribution in [0, 0.1) is 11.3 Å². The average Bonchev–Trinajstić information content (AvgIpc) is 2.79. The molecule has 29 heavy (non-hydrogen) atoms. The van der Waals surface area contributed by atoms with E-state index in [2.05, 4.69) is 22.0 Å². The summed E-state index contributed by atoms with van der Waals surface area (Å²) in [5.41, 5.74) is 3.76. The van der Waals surface area contributed by atoms with Crippen LogP contribution >= 0.6 is 15.9 Å². The van der Waals surface area contributed by atoms with Gasteiger partial charge in [-0.25, -0.2) is 0 Å². The summed E-state index contributed by atoms with van der Waals surface area (Å²) >= 11 is 3.45. The standard InChI is InChI=1S/C24H19BrN2O2/c25-19-11-9-17(10-12-19)23-16-27(13-14-29-23)24(28)22-8-4-3-7-21(22)20-6-2-1-5-18(20)15-26/h1-12,23H,13-14,16H2/t23-/m1/s1. The third kappa shape index (κ3) is 4.09. The molecule has 0 aliphatic carbocycles. The van der Waals surface area contributed by atoms with Gasteiger partial charge >= 0.3 is 0 Å². The monoisotopic (exact) mass is 446 g/mol. The highest BCUT2D eigenvalue weighted by Crippen LogP contribution is 2.30. The molecular weight excluding hydrogens is 428 g/mol. The lowest BCUT2D eigenvalue weighted by Gasteiger charge is -2.33. The van der Waals surface area contributed by atoms with Gasteiger partial charge in [-0.3, -0.25) is 4.79 Å². The number of ether oxygens (including phenoxy) is 1. The molecule has 4 rings (SSSR count). The van der Waals surface area contributed by atoms with Crippen LogP contribution in [0.4, 0.5) is 0 Å². The van der Waals surface area contributed by atoms with Gasteiger partial charge in [0.2, 0.25) is 0 Å². The van der Waals surface area contributed by atoms with E-state index in [-0.39, 0.29) is 12.0 Å². The maximum Gasteiger partial charge on any atom is 0.254 e. The van der Waals surface area contributed by atoms with Crippen LogP contribution in [0.5, 0.6) is 0 Å². The molecule has 0 N–H and O–H groups in total. The maximum absolute atomic E-state index is 13.4. The highest BCUT2D eigenvalue weighted by Gasteiger charge is 2.27. The van der Waals surface area contributed by atoms with Crippen molar-refractivity contribution in [1.29, 1.82) is 5.26 Å². The molecule has 1 aliphatic heterocycles. The fourth-order valence-corrected chi connectivity index (χ4v) is 3.87. The van der Waals surface area contributed by atoms with Crippen molar-refractivity contribution in [2.24, 2.45) is 0 Å². The van der Waals surface area contributed by atoms with Crippen LogP contribution in [0.25, 0.3) is 11.1 Å². The van der Waals surface area contributed by atoms with Gasteiger partial charge in [-0.1, -0.05) is 64.5 Å². The molecule has 1 fully saturated rings. The minimum atomic E-state index is -0.153. The molecule has 1 amide bonds. The lowest BCUT2D eigenvalue weighted by Crippen LogP contribution is -2.42. The molecule has 3 aromatic carbocycles. The second-order valence-electron chi connectivity index (χ2n) is 6.87. The minimum absolute atomic E-state index is 0.0428. The molecule has 1 heterocycles. The Kier molecular flexibility index (Phi) is 5.75. The zero-order valence-corrected chi connectivity index (χ0v) is 17.3. The molecule has 3 aromatic rings. The zero-order valence-electron chi connectivity index (χ0n) is 15.7. The Labute approximate surface area is 178 Å². The van der Waals surface area contributed by atoms with Crippen LogP contribution in [0.3, 0.4) is 0 Å². The summed E-state index contributed by atoms with van der Waals surface area (Å²) in [6, 6.07) is 25.1. The van der Waals surface area contributed by atoms with Crippen LogP contribution in [0.1, 0.15) is 27.6 Å². The van der Waals surface area contributed by atoms with Crippen molar-refractivity contribution in [3.63, 3.8) is 0 Å². The molecule has 1 saturated heterocycles. The van der Waals surface area contributed by atoms with Crippen LogP contribution in [0.15, 0.2) is 77.3 Å². The Balaban J connectivity index is 1.63. The molecule has 0 saturated carbocycles. The van der Waals surface area contributed by atoms with E-state index < -0.39 is 0 Å². The summed E-state index contributed by atoms with van der Waals surface area (Å²) in [4.78, 5) is 15.2. The van der Waals surface area contributed by atoms with Gasteiger partial charge in [-0.15, -0.1) is 0 Å². The van der Waals surface area contributed by atoms with Gasteiger partial charge in [0.1, 0.15) is 6.10 Å². The molecule has 0 radical (unpaired) electrons. The largest absolute Gasteiger partial charge is 0.370 e. The van der Waals surface area contributed by atoms with Crippen molar-refractivity contribution < 1.29 is 9.53 Å². The van der Waals surface area contributed by atoms with Gasteiger partial charge in [0.05, 0.1) is 24.8 Å². The molecule has 4 nitrogen and oxygen atoms in total. The maximum atomic E-state index is 13.4. The number of nitriles is 1. The first-order chi connectivity index (χ1) is 14.2. The molecule has 0 spiro atoms.